The highest BCUT2D eigenvalue weighted by atomic mass is 35.5. The quantitative estimate of drug-likeness (QED) is 0.0354. The Hall–Kier alpha value is -6.87. The number of hydrogen-bond acceptors (Lipinski definition) is 14. The van der Waals surface area contributed by atoms with Crippen LogP contribution in [-0.2, 0) is 48.6 Å². The number of fused-ring (bicyclic) bond motifs is 2. The summed E-state index contributed by atoms with van der Waals surface area (Å²) in [6, 6.07) is 20.1. The molecule has 2 aromatic heterocycles. The molecule has 0 aliphatic carbocycles. The Kier molecular flexibility index (Phi) is 18.0. The Morgan fingerprint density at radius 2 is 1.46 bits per heavy atom. The number of nitrogens with one attached hydrogen (secondary N) is 1. The molecule has 8 N–H and O–H groups in total. The summed E-state index contributed by atoms with van der Waals surface area (Å²) in [6.45, 7) is 2.24. The smallest absolute Gasteiger partial charge is 0.326 e. The first-order valence-electron chi connectivity index (χ1n) is 21.4. The van der Waals surface area contributed by atoms with Crippen LogP contribution in [0.25, 0.3) is 22.5 Å². The van der Waals surface area contributed by atoms with Crippen LogP contribution in [0.3, 0.4) is 0 Å². The molecule has 21 heteroatoms. The van der Waals surface area contributed by atoms with Crippen LogP contribution in [0, 0.1) is 0 Å². The molecule has 3 heterocycles. The number of amides is 3. The Morgan fingerprint density at radius 3 is 2.12 bits per heavy atom. The van der Waals surface area contributed by atoms with Gasteiger partial charge in [0.05, 0.1) is 97.2 Å². The second-order valence-corrected chi connectivity index (χ2v) is 16.1. The molecule has 3 amide bonds. The second-order valence-electron chi connectivity index (χ2n) is 15.3. The maximum Gasteiger partial charge on any atom is 0.326 e. The minimum Gasteiger partial charge on any atom is -0.489 e. The van der Waals surface area contributed by atoms with Crippen molar-refractivity contribution in [3.8, 4) is 16.9 Å². The first-order chi connectivity index (χ1) is 32.7. The Balaban J connectivity index is 0.934. The predicted octanol–water partition coefficient (Wildman–Crippen LogP) is 3.78. The molecule has 3 aromatic carbocycles. The molecule has 5 aromatic rings. The van der Waals surface area contributed by atoms with Gasteiger partial charge in [0.2, 0.25) is 11.8 Å². The number of halogens is 2. The third kappa shape index (κ3) is 13.0. The fourth-order valence-electron chi connectivity index (χ4n) is 7.28. The summed E-state index contributed by atoms with van der Waals surface area (Å²) in [4.78, 5) is 68.4. The van der Waals surface area contributed by atoms with E-state index >= 15 is 0 Å². The number of anilines is 1. The molecule has 0 radical (unpaired) electrons. The van der Waals surface area contributed by atoms with Gasteiger partial charge in [-0.3, -0.25) is 24.2 Å². The highest BCUT2D eigenvalue weighted by Gasteiger charge is 2.28. The monoisotopic (exact) mass is 971 g/mol. The van der Waals surface area contributed by atoms with Crippen LogP contribution in [0.5, 0.6) is 5.75 Å². The number of carbonyl (C=O) groups is 4. The number of benzene rings is 3. The van der Waals surface area contributed by atoms with Crippen molar-refractivity contribution >= 4 is 64.0 Å². The average Bonchev–Trinajstić information content (AvgIpc) is 3.31. The van der Waals surface area contributed by atoms with Crippen LogP contribution in [0.4, 0.5) is 5.69 Å². The van der Waals surface area contributed by atoms with E-state index in [-0.39, 0.29) is 91.7 Å². The van der Waals surface area contributed by atoms with Crippen LogP contribution < -0.4 is 37.8 Å². The van der Waals surface area contributed by atoms with Crippen molar-refractivity contribution in [3.05, 3.63) is 140 Å². The number of hydrazine groups is 1. The number of primary amides is 1. The maximum absolute atomic E-state index is 13.4. The van der Waals surface area contributed by atoms with E-state index in [2.05, 4.69) is 15.4 Å². The number of rotatable bonds is 23. The zero-order valence-electron chi connectivity index (χ0n) is 37.1. The number of para-hydroxylation sites is 1. The predicted molar refractivity (Wildman–Crippen MR) is 254 cm³/mol. The first-order valence-corrected chi connectivity index (χ1v) is 22.1. The molecule has 0 saturated heterocycles. The molecule has 0 spiro atoms. The highest BCUT2D eigenvalue weighted by molar-refractivity contribution is 6.39. The van der Waals surface area contributed by atoms with E-state index < -0.39 is 29.4 Å². The van der Waals surface area contributed by atoms with Gasteiger partial charge in [0, 0.05) is 49.8 Å². The summed E-state index contributed by atoms with van der Waals surface area (Å²) >= 11 is 12.2. The van der Waals surface area contributed by atoms with E-state index in [0.717, 1.165) is 11.1 Å². The van der Waals surface area contributed by atoms with Crippen molar-refractivity contribution in [1.29, 1.82) is 0 Å². The number of carbonyl (C=O) groups excluding carboxylic acids is 3. The number of hydrogen-bond donors (Lipinski definition) is 5. The van der Waals surface area contributed by atoms with E-state index in [1.807, 2.05) is 48.5 Å². The van der Waals surface area contributed by atoms with Crippen LogP contribution >= 0.6 is 23.2 Å². The van der Waals surface area contributed by atoms with Crippen molar-refractivity contribution in [2.75, 3.05) is 57.7 Å². The lowest BCUT2D eigenvalue weighted by atomic mass is 9.95. The highest BCUT2D eigenvalue weighted by Crippen LogP contribution is 2.37. The largest absolute Gasteiger partial charge is 0.489 e. The van der Waals surface area contributed by atoms with Crippen molar-refractivity contribution < 1.29 is 43.2 Å². The van der Waals surface area contributed by atoms with Gasteiger partial charge in [0.25, 0.3) is 11.5 Å². The molecule has 6 rings (SSSR count). The van der Waals surface area contributed by atoms with Crippen LogP contribution in [0.1, 0.15) is 45.5 Å². The summed E-state index contributed by atoms with van der Waals surface area (Å²) in [5.74, 6) is 4.04. The summed E-state index contributed by atoms with van der Waals surface area (Å²) in [6.07, 6.45) is 3.72. The number of aliphatic carboxylic acids is 1. The summed E-state index contributed by atoms with van der Waals surface area (Å²) < 4.78 is 24.3. The number of carboxylic acids is 1. The third-order valence-electron chi connectivity index (χ3n) is 10.7. The molecule has 0 saturated carbocycles. The van der Waals surface area contributed by atoms with E-state index in [9.17, 15) is 29.1 Å². The van der Waals surface area contributed by atoms with Gasteiger partial charge in [-0.2, -0.15) is 5.10 Å². The first kappa shape index (κ1) is 50.5. The molecule has 1 atom stereocenters. The Bertz CT molecular complexity index is 2680. The minimum absolute atomic E-state index is 0.0211. The van der Waals surface area contributed by atoms with Crippen LogP contribution in [0.2, 0.25) is 10.0 Å². The standard InChI is InChI=1S/C47H51Cl2N9O10/c1-56-46(62)41(30-12-10-29(11-13-30)24-36(47(63)64)55-45(61)42-34(48)25-53-26-35(42)49)38(27-54-56)68-23-22-67-21-20-66-19-18-65-17-16-58(52)44-32-7-3-2-6-31(32)28-57(40(60)15-14-39(50)59)37-9-5-4-8-33(37)43(44)51/h2-13,25-27,36H,14-24,28,51-52H2,1H3,(H2,50,59)(H,55,61)(H,63,64)/b44-43-. The second kappa shape index (κ2) is 24.2. The lowest BCUT2D eigenvalue weighted by Gasteiger charge is -2.33. The molecule has 358 valence electrons. The third-order valence-corrected chi connectivity index (χ3v) is 11.3. The average molecular weight is 973 g/mol. The van der Waals surface area contributed by atoms with E-state index in [0.29, 0.717) is 53.5 Å². The molecule has 1 aliphatic heterocycles. The van der Waals surface area contributed by atoms with E-state index in [1.165, 1.54) is 30.3 Å². The molecule has 1 aliphatic rings. The Morgan fingerprint density at radius 1 is 0.838 bits per heavy atom. The molecule has 0 bridgehead atoms. The summed E-state index contributed by atoms with van der Waals surface area (Å²) in [5, 5.41) is 17.9. The number of ether oxygens (including phenoxy) is 4. The van der Waals surface area contributed by atoms with Crippen molar-refractivity contribution in [1.82, 2.24) is 25.1 Å². The molecule has 19 nitrogen and oxygen atoms in total. The lowest BCUT2D eigenvalue weighted by molar-refractivity contribution is -0.139. The van der Waals surface area contributed by atoms with Gasteiger partial charge in [0.15, 0.2) is 5.75 Å². The Labute approximate surface area is 401 Å². The number of aryl methyl sites for hydroxylation is 1. The van der Waals surface area contributed by atoms with Gasteiger partial charge in [-0.25, -0.2) is 15.3 Å². The van der Waals surface area contributed by atoms with E-state index in [1.54, 1.807) is 34.2 Å². The fraction of sp³-hybridized carbons (Fsp3) is 0.298. The minimum atomic E-state index is -1.31. The number of pyridine rings is 1. The van der Waals surface area contributed by atoms with E-state index in [4.69, 9.17) is 59.5 Å². The van der Waals surface area contributed by atoms with Gasteiger partial charge >= 0.3 is 5.97 Å². The van der Waals surface area contributed by atoms with Gasteiger partial charge in [-0.05, 0) is 22.8 Å². The zero-order chi connectivity index (χ0) is 48.7. The number of nitrogens with two attached hydrogens (primary N) is 3. The van der Waals surface area contributed by atoms with Gasteiger partial charge in [0.1, 0.15) is 12.6 Å². The normalized spacial score (nSPS) is 13.7. The van der Waals surface area contributed by atoms with Crippen molar-refractivity contribution in [3.63, 3.8) is 0 Å². The summed E-state index contributed by atoms with van der Waals surface area (Å²) in [5.41, 5.74) is 16.8. The van der Waals surface area contributed by atoms with Gasteiger partial charge in [-0.1, -0.05) is 89.9 Å². The molecule has 0 fully saturated rings. The SMILES string of the molecule is Cn1ncc(OCCOCCOCCOCCN(N)/C2=C(\N)c3ccccc3N(C(=O)CCC(N)=O)Cc3ccccc32)c(-c2ccc(CC(NC(=O)c3c(Cl)cncc3Cl)C(=O)O)cc2)c1=O. The number of carboxylic acid groups (broad SMARTS) is 1. The van der Waals surface area contributed by atoms with Crippen LogP contribution in [0.15, 0.2) is 96.2 Å². The molecular formula is C47H51Cl2N9O10. The number of aromatic nitrogens is 3. The molecule has 1 unspecified atom stereocenters. The van der Waals surface area contributed by atoms with Crippen molar-refractivity contribution in [2.24, 2.45) is 24.4 Å². The van der Waals surface area contributed by atoms with Crippen molar-refractivity contribution in [2.45, 2.75) is 31.8 Å². The zero-order valence-corrected chi connectivity index (χ0v) is 38.6. The number of nitrogens with zero attached hydrogens (tertiary/aromatic N) is 5. The molecular weight excluding hydrogens is 921 g/mol. The maximum atomic E-state index is 13.4. The van der Waals surface area contributed by atoms with Crippen LogP contribution in [-0.4, -0.2) is 107 Å². The summed E-state index contributed by atoms with van der Waals surface area (Å²) in [7, 11) is 1.51. The topological polar surface area (TPSA) is 270 Å². The van der Waals surface area contributed by atoms with Gasteiger partial charge < -0.3 is 50.7 Å². The van der Waals surface area contributed by atoms with Gasteiger partial charge in [-0.15, -0.1) is 0 Å². The lowest BCUT2D eigenvalue weighted by Crippen LogP contribution is -2.42. The molecule has 68 heavy (non-hydrogen) atoms. The fourth-order valence-corrected chi connectivity index (χ4v) is 7.81.